The molecule has 2 heteroatoms. The van der Waals surface area contributed by atoms with Crippen LogP contribution < -0.4 is 5.32 Å². The number of hydrogen-bond donors (Lipinski definition) is 1. The van der Waals surface area contributed by atoms with E-state index >= 15 is 0 Å². The molecule has 0 aliphatic carbocycles. The normalized spacial score (nSPS) is 20.4. The van der Waals surface area contributed by atoms with Crippen molar-refractivity contribution in [2.75, 3.05) is 0 Å². The summed E-state index contributed by atoms with van der Waals surface area (Å²) in [5.41, 5.74) is 0. The second-order valence-corrected chi connectivity index (χ2v) is 3.23. The molecule has 0 aromatic carbocycles. The van der Waals surface area contributed by atoms with E-state index in [9.17, 15) is 0 Å². The molecule has 0 fully saturated rings. The van der Waals surface area contributed by atoms with Gasteiger partial charge in [0.2, 0.25) is 0 Å². The average molecular weight is 244 g/mol. The molecule has 2 atom stereocenters. The minimum atomic E-state index is 0.537. The first-order chi connectivity index (χ1) is 8.27. The Hall–Kier alpha value is -0.530. The lowest BCUT2D eigenvalue weighted by atomic mass is 10.0. The van der Waals surface area contributed by atoms with Gasteiger partial charge in [0.25, 0.3) is 0 Å². The summed E-state index contributed by atoms with van der Waals surface area (Å²) in [7, 11) is 0. The highest BCUT2D eigenvalue weighted by Gasteiger charge is 2.23. The summed E-state index contributed by atoms with van der Waals surface area (Å²) in [5.74, 6) is 1.12. The zero-order chi connectivity index (χ0) is 14.3. The van der Waals surface area contributed by atoms with Crippen molar-refractivity contribution in [2.45, 2.75) is 93.7 Å². The van der Waals surface area contributed by atoms with Crippen molar-refractivity contribution in [3.63, 3.8) is 0 Å². The third-order valence-electron chi connectivity index (χ3n) is 2.24. The highest BCUT2D eigenvalue weighted by atomic mass is 15.1. The van der Waals surface area contributed by atoms with Gasteiger partial charge in [-0.1, -0.05) is 61.8 Å². The third kappa shape index (κ3) is 10.3. The smallest absolute Gasteiger partial charge is 0.0938 e. The van der Waals surface area contributed by atoms with Crippen molar-refractivity contribution in [3.8, 4) is 0 Å². The van der Waals surface area contributed by atoms with Crippen molar-refractivity contribution >= 4 is 5.84 Å². The van der Waals surface area contributed by atoms with Gasteiger partial charge < -0.3 is 5.32 Å². The molecule has 2 unspecified atom stereocenters. The molecule has 0 radical (unpaired) electrons. The van der Waals surface area contributed by atoms with Gasteiger partial charge in [-0.15, -0.1) is 0 Å². The van der Waals surface area contributed by atoms with Crippen LogP contribution in [0.15, 0.2) is 4.99 Å². The SMILES string of the molecule is CC.CC.CC.CCCC1NC(C)=NC1CC. The molecular weight excluding hydrogens is 208 g/mol. The highest BCUT2D eigenvalue weighted by molar-refractivity contribution is 5.81. The van der Waals surface area contributed by atoms with Crippen LogP contribution in [0.3, 0.4) is 0 Å². The monoisotopic (exact) mass is 244 g/mol. The highest BCUT2D eigenvalue weighted by Crippen LogP contribution is 2.14. The number of nitrogens with zero attached hydrogens (tertiary/aromatic N) is 1. The zero-order valence-corrected chi connectivity index (χ0v) is 13.7. The van der Waals surface area contributed by atoms with Crippen LogP contribution in [0.5, 0.6) is 0 Å². The van der Waals surface area contributed by atoms with E-state index < -0.39 is 0 Å². The minimum absolute atomic E-state index is 0.537. The molecule has 0 spiro atoms. The van der Waals surface area contributed by atoms with Crippen molar-refractivity contribution in [3.05, 3.63) is 0 Å². The molecule has 0 aromatic heterocycles. The second-order valence-electron chi connectivity index (χ2n) is 3.23. The largest absolute Gasteiger partial charge is 0.369 e. The predicted octanol–water partition coefficient (Wildman–Crippen LogP) is 5.03. The van der Waals surface area contributed by atoms with Gasteiger partial charge >= 0.3 is 0 Å². The van der Waals surface area contributed by atoms with E-state index in [1.54, 1.807) is 0 Å². The fourth-order valence-electron chi connectivity index (χ4n) is 1.69. The summed E-state index contributed by atoms with van der Waals surface area (Å²) in [6, 6.07) is 1.15. The lowest BCUT2D eigenvalue weighted by Gasteiger charge is -2.15. The summed E-state index contributed by atoms with van der Waals surface area (Å²) in [5, 5.41) is 3.41. The molecule has 1 heterocycles. The van der Waals surface area contributed by atoms with Gasteiger partial charge in [-0.25, -0.2) is 0 Å². The zero-order valence-electron chi connectivity index (χ0n) is 13.7. The molecule has 2 nitrogen and oxygen atoms in total. The quantitative estimate of drug-likeness (QED) is 0.739. The van der Waals surface area contributed by atoms with Crippen molar-refractivity contribution in [2.24, 2.45) is 4.99 Å². The molecule has 1 aliphatic rings. The molecule has 0 saturated heterocycles. The Morgan fingerprint density at radius 2 is 1.47 bits per heavy atom. The van der Waals surface area contributed by atoms with Gasteiger partial charge in [0.1, 0.15) is 0 Å². The fourth-order valence-corrected chi connectivity index (χ4v) is 1.69. The lowest BCUT2D eigenvalue weighted by Crippen LogP contribution is -2.33. The Balaban J connectivity index is -0.000000285. The molecule has 106 valence electrons. The third-order valence-corrected chi connectivity index (χ3v) is 2.24. The second kappa shape index (κ2) is 17.9. The van der Waals surface area contributed by atoms with Crippen LogP contribution in [-0.2, 0) is 0 Å². The Morgan fingerprint density at radius 1 is 1.00 bits per heavy atom. The Labute approximate surface area is 110 Å². The van der Waals surface area contributed by atoms with E-state index in [0.717, 1.165) is 12.3 Å². The van der Waals surface area contributed by atoms with Crippen LogP contribution in [0.2, 0.25) is 0 Å². The summed E-state index contributed by atoms with van der Waals surface area (Å²) < 4.78 is 0. The van der Waals surface area contributed by atoms with E-state index in [1.807, 2.05) is 41.5 Å². The van der Waals surface area contributed by atoms with E-state index in [0.29, 0.717) is 12.1 Å². The van der Waals surface area contributed by atoms with E-state index in [2.05, 4.69) is 31.1 Å². The van der Waals surface area contributed by atoms with E-state index in [1.165, 1.54) is 12.8 Å². The van der Waals surface area contributed by atoms with Gasteiger partial charge in [-0.05, 0) is 19.8 Å². The van der Waals surface area contributed by atoms with Crippen molar-refractivity contribution in [1.82, 2.24) is 5.32 Å². The number of aliphatic imine (C=N–C) groups is 1. The molecule has 1 rings (SSSR count). The first-order valence-corrected chi connectivity index (χ1v) is 7.58. The molecule has 0 aromatic rings. The summed E-state index contributed by atoms with van der Waals surface area (Å²) in [6.07, 6.45) is 3.66. The van der Waals surface area contributed by atoms with Crippen molar-refractivity contribution in [1.29, 1.82) is 0 Å². The van der Waals surface area contributed by atoms with Crippen LogP contribution in [0.25, 0.3) is 0 Å². The maximum atomic E-state index is 4.51. The van der Waals surface area contributed by atoms with Gasteiger partial charge in [-0.2, -0.15) is 0 Å². The molecule has 0 bridgehead atoms. The number of nitrogens with one attached hydrogen (secondary N) is 1. The van der Waals surface area contributed by atoms with Crippen molar-refractivity contribution < 1.29 is 0 Å². The maximum absolute atomic E-state index is 4.51. The topological polar surface area (TPSA) is 24.4 Å². The molecule has 0 saturated carbocycles. The van der Waals surface area contributed by atoms with Gasteiger partial charge in [-0.3, -0.25) is 4.99 Å². The first-order valence-electron chi connectivity index (χ1n) is 7.58. The Bertz CT molecular complexity index is 153. The number of rotatable bonds is 3. The summed E-state index contributed by atoms with van der Waals surface area (Å²) in [4.78, 5) is 4.51. The van der Waals surface area contributed by atoms with Crippen LogP contribution >= 0.6 is 0 Å². The van der Waals surface area contributed by atoms with Crippen LogP contribution in [-0.4, -0.2) is 17.9 Å². The fraction of sp³-hybridized carbons (Fsp3) is 0.933. The molecule has 17 heavy (non-hydrogen) atoms. The van der Waals surface area contributed by atoms with Crippen LogP contribution in [0.4, 0.5) is 0 Å². The summed E-state index contributed by atoms with van der Waals surface area (Å²) in [6.45, 7) is 18.5. The Kier molecular flexibility index (Phi) is 22.8. The lowest BCUT2D eigenvalue weighted by molar-refractivity contribution is 0.477. The summed E-state index contributed by atoms with van der Waals surface area (Å²) >= 11 is 0. The molecular formula is C15H36N2. The molecule has 1 N–H and O–H groups in total. The molecule has 1 aliphatic heterocycles. The number of amidine groups is 1. The average Bonchev–Trinajstić information content (AvgIpc) is 2.77. The molecule has 0 amide bonds. The van der Waals surface area contributed by atoms with Crippen LogP contribution in [0, 0.1) is 0 Å². The van der Waals surface area contributed by atoms with Gasteiger partial charge in [0, 0.05) is 6.04 Å². The van der Waals surface area contributed by atoms with E-state index in [-0.39, 0.29) is 0 Å². The maximum Gasteiger partial charge on any atom is 0.0938 e. The first kappa shape index (κ1) is 21.7. The van der Waals surface area contributed by atoms with E-state index in [4.69, 9.17) is 0 Å². The van der Waals surface area contributed by atoms with Gasteiger partial charge in [0.05, 0.1) is 11.9 Å². The predicted molar refractivity (Wildman–Crippen MR) is 83.1 cm³/mol. The van der Waals surface area contributed by atoms with Crippen LogP contribution in [0.1, 0.15) is 81.6 Å². The minimum Gasteiger partial charge on any atom is -0.369 e. The standard InChI is InChI=1S/C9H18N2.3C2H6/c1-4-6-9-8(5-2)10-7(3)11-9;3*1-2/h8-9H,4-6H2,1-3H3,(H,10,11);3*1-2H3. The number of hydrogen-bond acceptors (Lipinski definition) is 2. The van der Waals surface area contributed by atoms with Gasteiger partial charge in [0.15, 0.2) is 0 Å². The Morgan fingerprint density at radius 3 is 1.82 bits per heavy atom.